The zero-order valence-electron chi connectivity index (χ0n) is 10.8. The molecule has 1 rings (SSSR count). The van der Waals surface area contributed by atoms with Crippen molar-refractivity contribution in [1.82, 2.24) is 5.32 Å². The standard InChI is InChI=1S/C12H18N2O3S/c1-9(13-3)8-10(2)18(17)12-7-5-4-6-11(12)14(15)16/h4-7,9-10,13H,8H2,1-3H3. The molecule has 1 N–H and O–H groups in total. The zero-order chi connectivity index (χ0) is 13.7. The summed E-state index contributed by atoms with van der Waals surface area (Å²) in [7, 11) is 0.474. The van der Waals surface area contributed by atoms with Crippen LogP contribution in [-0.4, -0.2) is 27.5 Å². The van der Waals surface area contributed by atoms with E-state index in [0.717, 1.165) is 0 Å². The van der Waals surface area contributed by atoms with Gasteiger partial charge in [-0.1, -0.05) is 19.1 Å². The maximum Gasteiger partial charge on any atom is 0.285 e. The van der Waals surface area contributed by atoms with Crippen LogP contribution in [0.2, 0.25) is 0 Å². The monoisotopic (exact) mass is 270 g/mol. The lowest BCUT2D eigenvalue weighted by Crippen LogP contribution is -2.27. The Hall–Kier alpha value is -1.27. The molecule has 0 saturated heterocycles. The van der Waals surface area contributed by atoms with Crippen LogP contribution in [0.1, 0.15) is 20.3 Å². The minimum Gasteiger partial charge on any atom is -0.317 e. The Labute approximate surface area is 109 Å². The first-order chi connectivity index (χ1) is 8.47. The second-order valence-electron chi connectivity index (χ2n) is 4.26. The fourth-order valence-electron chi connectivity index (χ4n) is 1.70. The Morgan fingerprint density at radius 2 is 2.00 bits per heavy atom. The van der Waals surface area contributed by atoms with Crippen LogP contribution in [0, 0.1) is 10.1 Å². The topological polar surface area (TPSA) is 72.2 Å². The molecule has 0 heterocycles. The fraction of sp³-hybridized carbons (Fsp3) is 0.500. The molecule has 100 valence electrons. The molecule has 0 fully saturated rings. The molecule has 0 saturated carbocycles. The largest absolute Gasteiger partial charge is 0.317 e. The average Bonchev–Trinajstić information content (AvgIpc) is 2.37. The Bertz CT molecular complexity index is 451. The fourth-order valence-corrected chi connectivity index (χ4v) is 3.16. The highest BCUT2D eigenvalue weighted by molar-refractivity contribution is 7.85. The Morgan fingerprint density at radius 3 is 2.56 bits per heavy atom. The molecule has 0 amide bonds. The van der Waals surface area contributed by atoms with Crippen molar-refractivity contribution in [1.29, 1.82) is 0 Å². The van der Waals surface area contributed by atoms with Gasteiger partial charge in [-0.05, 0) is 26.5 Å². The normalized spacial score (nSPS) is 15.9. The lowest BCUT2D eigenvalue weighted by atomic mass is 10.2. The lowest BCUT2D eigenvalue weighted by Gasteiger charge is -2.16. The molecule has 0 radical (unpaired) electrons. The number of hydrogen-bond acceptors (Lipinski definition) is 4. The maximum absolute atomic E-state index is 12.3. The van der Waals surface area contributed by atoms with E-state index >= 15 is 0 Å². The summed E-state index contributed by atoms with van der Waals surface area (Å²) in [4.78, 5) is 10.7. The second-order valence-corrected chi connectivity index (χ2v) is 6.10. The minimum absolute atomic E-state index is 0.0696. The van der Waals surface area contributed by atoms with E-state index in [0.29, 0.717) is 11.3 Å². The number of nitro groups is 1. The van der Waals surface area contributed by atoms with Crippen molar-refractivity contribution in [2.45, 2.75) is 36.5 Å². The van der Waals surface area contributed by atoms with Gasteiger partial charge < -0.3 is 5.32 Å². The molecule has 3 atom stereocenters. The van der Waals surface area contributed by atoms with Gasteiger partial charge in [-0.15, -0.1) is 0 Å². The van der Waals surface area contributed by atoms with E-state index in [4.69, 9.17) is 0 Å². The number of nitrogens with zero attached hydrogens (tertiary/aromatic N) is 1. The number of nitrogens with one attached hydrogen (secondary N) is 1. The smallest absolute Gasteiger partial charge is 0.285 e. The molecule has 0 aliphatic heterocycles. The van der Waals surface area contributed by atoms with Crippen LogP contribution in [0.25, 0.3) is 0 Å². The van der Waals surface area contributed by atoms with E-state index in [1.54, 1.807) is 18.2 Å². The van der Waals surface area contributed by atoms with Gasteiger partial charge in [-0.3, -0.25) is 14.3 Å². The maximum atomic E-state index is 12.3. The first-order valence-electron chi connectivity index (χ1n) is 5.78. The molecule has 0 bridgehead atoms. The molecule has 18 heavy (non-hydrogen) atoms. The van der Waals surface area contributed by atoms with Crippen LogP contribution in [0.15, 0.2) is 29.2 Å². The van der Waals surface area contributed by atoms with E-state index in [1.807, 2.05) is 20.9 Å². The predicted molar refractivity (Wildman–Crippen MR) is 72.1 cm³/mol. The van der Waals surface area contributed by atoms with Crippen molar-refractivity contribution in [2.75, 3.05) is 7.05 Å². The summed E-state index contributed by atoms with van der Waals surface area (Å²) >= 11 is 0. The summed E-state index contributed by atoms with van der Waals surface area (Å²) in [5.74, 6) is 0. The third-order valence-corrected chi connectivity index (χ3v) is 4.52. The van der Waals surface area contributed by atoms with Crippen LogP contribution >= 0.6 is 0 Å². The molecular formula is C12H18N2O3S. The highest BCUT2D eigenvalue weighted by Crippen LogP contribution is 2.24. The molecule has 6 heteroatoms. The number of nitro benzene ring substituents is 1. The van der Waals surface area contributed by atoms with Gasteiger partial charge in [0.2, 0.25) is 0 Å². The number of benzene rings is 1. The highest BCUT2D eigenvalue weighted by atomic mass is 32.2. The van der Waals surface area contributed by atoms with Gasteiger partial charge in [0.1, 0.15) is 4.90 Å². The summed E-state index contributed by atoms with van der Waals surface area (Å²) in [5, 5.41) is 13.8. The van der Waals surface area contributed by atoms with Crippen LogP contribution in [0.4, 0.5) is 5.69 Å². The summed E-state index contributed by atoms with van der Waals surface area (Å²) in [6.07, 6.45) is 0.704. The molecule has 5 nitrogen and oxygen atoms in total. The summed E-state index contributed by atoms with van der Waals surface area (Å²) < 4.78 is 12.3. The van der Waals surface area contributed by atoms with Crippen molar-refractivity contribution in [3.05, 3.63) is 34.4 Å². The van der Waals surface area contributed by atoms with E-state index in [2.05, 4.69) is 5.32 Å². The Morgan fingerprint density at radius 1 is 1.39 bits per heavy atom. The number of hydrogen-bond donors (Lipinski definition) is 1. The first kappa shape index (κ1) is 14.8. The third-order valence-electron chi connectivity index (χ3n) is 2.82. The molecular weight excluding hydrogens is 252 g/mol. The molecule has 0 aliphatic carbocycles. The minimum atomic E-state index is -1.36. The zero-order valence-corrected chi connectivity index (χ0v) is 11.6. The number of para-hydroxylation sites is 1. The molecule has 0 aromatic heterocycles. The van der Waals surface area contributed by atoms with Gasteiger partial charge in [-0.25, -0.2) is 0 Å². The first-order valence-corrected chi connectivity index (χ1v) is 7.00. The van der Waals surface area contributed by atoms with E-state index in [1.165, 1.54) is 6.07 Å². The van der Waals surface area contributed by atoms with Gasteiger partial charge in [-0.2, -0.15) is 0 Å². The summed E-state index contributed by atoms with van der Waals surface area (Å²) in [6.45, 7) is 3.84. The molecule has 0 aliphatic rings. The molecule has 3 unspecified atom stereocenters. The van der Waals surface area contributed by atoms with Crippen molar-refractivity contribution in [2.24, 2.45) is 0 Å². The quantitative estimate of drug-likeness (QED) is 0.634. The Balaban J connectivity index is 2.93. The third kappa shape index (κ3) is 3.61. The van der Waals surface area contributed by atoms with Crippen LogP contribution in [0.3, 0.4) is 0 Å². The lowest BCUT2D eigenvalue weighted by molar-refractivity contribution is -0.387. The Kier molecular flexibility index (Phi) is 5.43. The predicted octanol–water partition coefficient (Wildman–Crippen LogP) is 2.09. The van der Waals surface area contributed by atoms with Crippen LogP contribution < -0.4 is 5.32 Å². The molecule has 1 aromatic rings. The van der Waals surface area contributed by atoms with Gasteiger partial charge >= 0.3 is 0 Å². The number of rotatable bonds is 6. The SMILES string of the molecule is CNC(C)CC(C)S(=O)c1ccccc1[N+](=O)[O-]. The van der Waals surface area contributed by atoms with Crippen molar-refractivity contribution < 1.29 is 9.13 Å². The molecule has 1 aromatic carbocycles. The molecule has 0 spiro atoms. The highest BCUT2D eigenvalue weighted by Gasteiger charge is 2.23. The van der Waals surface area contributed by atoms with E-state index in [9.17, 15) is 14.3 Å². The summed E-state index contributed by atoms with van der Waals surface area (Å²) in [5.41, 5.74) is -0.0696. The van der Waals surface area contributed by atoms with E-state index in [-0.39, 0.29) is 17.0 Å². The van der Waals surface area contributed by atoms with Gasteiger partial charge in [0.25, 0.3) is 5.69 Å². The van der Waals surface area contributed by atoms with Crippen LogP contribution in [-0.2, 0) is 10.8 Å². The van der Waals surface area contributed by atoms with Crippen molar-refractivity contribution in [3.8, 4) is 0 Å². The van der Waals surface area contributed by atoms with Gasteiger partial charge in [0.05, 0.1) is 15.7 Å². The van der Waals surface area contributed by atoms with Crippen molar-refractivity contribution >= 4 is 16.5 Å². The van der Waals surface area contributed by atoms with Crippen molar-refractivity contribution in [3.63, 3.8) is 0 Å². The van der Waals surface area contributed by atoms with E-state index < -0.39 is 15.7 Å². The average molecular weight is 270 g/mol. The summed E-state index contributed by atoms with van der Waals surface area (Å²) in [6, 6.07) is 6.44. The van der Waals surface area contributed by atoms with Crippen LogP contribution in [0.5, 0.6) is 0 Å². The van der Waals surface area contributed by atoms with Gasteiger partial charge in [0, 0.05) is 17.4 Å². The van der Waals surface area contributed by atoms with Gasteiger partial charge in [0.15, 0.2) is 0 Å². The second kappa shape index (κ2) is 6.61.